The molecule has 0 saturated heterocycles. The molecule has 0 saturated carbocycles. The zero-order chi connectivity index (χ0) is 14.5. The fourth-order valence-corrected chi connectivity index (χ4v) is 2.42. The molecule has 0 atom stereocenters. The van der Waals surface area contributed by atoms with Gasteiger partial charge in [-0.15, -0.1) is 11.3 Å². The standard InChI is InChI=1S/C14H15NO4S/c1-9-3-4-11(12(7-9)18-2)19-6-5-13-15-10(8-20-13)14(16)17/h3-4,7-8H,5-6H2,1-2H3,(H,16,17). The van der Waals surface area contributed by atoms with E-state index in [1.807, 2.05) is 25.1 Å². The molecular formula is C14H15NO4S. The molecule has 1 aromatic carbocycles. The van der Waals surface area contributed by atoms with Gasteiger partial charge >= 0.3 is 5.97 Å². The zero-order valence-corrected chi connectivity index (χ0v) is 12.1. The molecule has 5 nitrogen and oxygen atoms in total. The van der Waals surface area contributed by atoms with E-state index in [9.17, 15) is 4.79 Å². The summed E-state index contributed by atoms with van der Waals surface area (Å²) >= 11 is 1.32. The topological polar surface area (TPSA) is 68.7 Å². The number of hydrogen-bond donors (Lipinski definition) is 1. The van der Waals surface area contributed by atoms with Gasteiger partial charge in [-0.3, -0.25) is 0 Å². The molecule has 1 heterocycles. The van der Waals surface area contributed by atoms with Gasteiger partial charge in [-0.1, -0.05) is 6.07 Å². The van der Waals surface area contributed by atoms with E-state index >= 15 is 0 Å². The molecule has 0 amide bonds. The van der Waals surface area contributed by atoms with Gasteiger partial charge in [0.05, 0.1) is 18.7 Å². The molecule has 6 heteroatoms. The Labute approximate surface area is 120 Å². The predicted octanol–water partition coefficient (Wildman–Crippen LogP) is 2.78. The minimum atomic E-state index is -1.01. The number of ether oxygens (including phenoxy) is 2. The number of rotatable bonds is 6. The summed E-state index contributed by atoms with van der Waals surface area (Å²) in [6.07, 6.45) is 0.564. The highest BCUT2D eigenvalue weighted by Gasteiger charge is 2.09. The second-order valence-electron chi connectivity index (χ2n) is 4.18. The number of hydrogen-bond acceptors (Lipinski definition) is 5. The Morgan fingerprint density at radius 2 is 2.20 bits per heavy atom. The van der Waals surface area contributed by atoms with Gasteiger partial charge in [0.2, 0.25) is 0 Å². The van der Waals surface area contributed by atoms with Crippen molar-refractivity contribution in [2.75, 3.05) is 13.7 Å². The Kier molecular flexibility index (Phi) is 4.57. The number of carboxylic acids is 1. The van der Waals surface area contributed by atoms with Gasteiger partial charge in [0.1, 0.15) is 0 Å². The number of carbonyl (C=O) groups is 1. The molecule has 0 fully saturated rings. The zero-order valence-electron chi connectivity index (χ0n) is 11.3. The minimum absolute atomic E-state index is 0.0814. The van der Waals surface area contributed by atoms with E-state index in [2.05, 4.69) is 4.98 Å². The first-order valence-electron chi connectivity index (χ1n) is 6.05. The molecule has 1 N–H and O–H groups in total. The normalized spacial score (nSPS) is 10.3. The summed E-state index contributed by atoms with van der Waals surface area (Å²) in [7, 11) is 1.60. The molecule has 20 heavy (non-hydrogen) atoms. The fraction of sp³-hybridized carbons (Fsp3) is 0.286. The van der Waals surface area contributed by atoms with Crippen LogP contribution in [-0.2, 0) is 6.42 Å². The maximum absolute atomic E-state index is 10.7. The number of aromatic nitrogens is 1. The van der Waals surface area contributed by atoms with Crippen molar-refractivity contribution in [2.24, 2.45) is 0 Å². The van der Waals surface area contributed by atoms with Crippen LogP contribution in [0.25, 0.3) is 0 Å². The largest absolute Gasteiger partial charge is 0.493 e. The minimum Gasteiger partial charge on any atom is -0.493 e. The fourth-order valence-electron chi connectivity index (χ4n) is 1.67. The van der Waals surface area contributed by atoms with Gasteiger partial charge in [0, 0.05) is 11.8 Å². The van der Waals surface area contributed by atoms with Crippen LogP contribution in [0.4, 0.5) is 0 Å². The van der Waals surface area contributed by atoms with Crippen LogP contribution in [0.15, 0.2) is 23.6 Å². The molecule has 0 aliphatic heterocycles. The average molecular weight is 293 g/mol. The lowest BCUT2D eigenvalue weighted by Gasteiger charge is -2.10. The van der Waals surface area contributed by atoms with Crippen molar-refractivity contribution in [1.82, 2.24) is 4.98 Å². The van der Waals surface area contributed by atoms with Crippen molar-refractivity contribution in [2.45, 2.75) is 13.3 Å². The number of nitrogens with zero attached hydrogens (tertiary/aromatic N) is 1. The van der Waals surface area contributed by atoms with Gasteiger partial charge in [0.25, 0.3) is 0 Å². The number of benzene rings is 1. The Balaban J connectivity index is 1.93. The van der Waals surface area contributed by atoms with Crippen LogP contribution >= 0.6 is 11.3 Å². The summed E-state index contributed by atoms with van der Waals surface area (Å²) in [4.78, 5) is 14.7. The van der Waals surface area contributed by atoms with Crippen molar-refractivity contribution < 1.29 is 19.4 Å². The summed E-state index contributed by atoms with van der Waals surface area (Å²) in [5.41, 5.74) is 1.18. The first-order valence-corrected chi connectivity index (χ1v) is 6.93. The first-order chi connectivity index (χ1) is 9.60. The highest BCUT2D eigenvalue weighted by atomic mass is 32.1. The van der Waals surface area contributed by atoms with Gasteiger partial charge in [-0.05, 0) is 24.6 Å². The number of aryl methyl sites for hydroxylation is 1. The third-order valence-electron chi connectivity index (χ3n) is 2.66. The first kappa shape index (κ1) is 14.3. The molecular weight excluding hydrogens is 278 g/mol. The van der Waals surface area contributed by atoms with Crippen molar-refractivity contribution in [3.8, 4) is 11.5 Å². The summed E-state index contributed by atoms with van der Waals surface area (Å²) in [6.45, 7) is 2.40. The lowest BCUT2D eigenvalue weighted by Crippen LogP contribution is -2.03. The van der Waals surface area contributed by atoms with Crippen molar-refractivity contribution in [3.05, 3.63) is 39.8 Å². The Hall–Kier alpha value is -2.08. The third kappa shape index (κ3) is 3.48. The van der Waals surface area contributed by atoms with E-state index in [0.717, 1.165) is 10.6 Å². The Bertz CT molecular complexity index is 609. The molecule has 0 unspecified atom stereocenters. The van der Waals surface area contributed by atoms with E-state index in [0.29, 0.717) is 24.5 Å². The molecule has 0 aliphatic carbocycles. The van der Waals surface area contributed by atoms with E-state index < -0.39 is 5.97 Å². The maximum atomic E-state index is 10.7. The summed E-state index contributed by atoms with van der Waals surface area (Å²) in [6, 6.07) is 5.71. The van der Waals surface area contributed by atoms with Crippen molar-refractivity contribution in [3.63, 3.8) is 0 Å². The average Bonchev–Trinajstić information content (AvgIpc) is 2.89. The second-order valence-corrected chi connectivity index (χ2v) is 5.13. The Morgan fingerprint density at radius 3 is 2.85 bits per heavy atom. The molecule has 1 aromatic heterocycles. The number of methoxy groups -OCH3 is 1. The van der Waals surface area contributed by atoms with Crippen LogP contribution < -0.4 is 9.47 Å². The number of aromatic carboxylic acids is 1. The maximum Gasteiger partial charge on any atom is 0.355 e. The van der Waals surface area contributed by atoms with Crippen LogP contribution in [0.2, 0.25) is 0 Å². The van der Waals surface area contributed by atoms with E-state index in [1.54, 1.807) is 7.11 Å². The van der Waals surface area contributed by atoms with E-state index in [4.69, 9.17) is 14.6 Å². The highest BCUT2D eigenvalue weighted by Crippen LogP contribution is 2.27. The summed E-state index contributed by atoms with van der Waals surface area (Å²) in [5, 5.41) is 11.1. The molecule has 2 aromatic rings. The van der Waals surface area contributed by atoms with Crippen LogP contribution in [0.5, 0.6) is 11.5 Å². The quantitative estimate of drug-likeness (QED) is 0.887. The molecule has 0 bridgehead atoms. The van der Waals surface area contributed by atoms with E-state index in [-0.39, 0.29) is 5.69 Å². The van der Waals surface area contributed by atoms with Gasteiger partial charge < -0.3 is 14.6 Å². The predicted molar refractivity (Wildman–Crippen MR) is 76.0 cm³/mol. The van der Waals surface area contributed by atoms with Crippen LogP contribution in [0.3, 0.4) is 0 Å². The van der Waals surface area contributed by atoms with Crippen LogP contribution in [0.1, 0.15) is 21.1 Å². The van der Waals surface area contributed by atoms with Crippen molar-refractivity contribution in [1.29, 1.82) is 0 Å². The third-order valence-corrected chi connectivity index (χ3v) is 3.57. The molecule has 0 spiro atoms. The summed E-state index contributed by atoms with van der Waals surface area (Å²) in [5.74, 6) is 0.358. The lowest BCUT2D eigenvalue weighted by atomic mass is 10.2. The van der Waals surface area contributed by atoms with Gasteiger partial charge in [0.15, 0.2) is 17.2 Å². The SMILES string of the molecule is COc1cc(C)ccc1OCCc1nc(C(=O)O)cs1. The second kappa shape index (κ2) is 6.38. The molecule has 2 rings (SSSR count). The molecule has 0 aliphatic rings. The summed E-state index contributed by atoms with van der Waals surface area (Å²) < 4.78 is 10.9. The Morgan fingerprint density at radius 1 is 1.40 bits per heavy atom. The van der Waals surface area contributed by atoms with Crippen molar-refractivity contribution >= 4 is 17.3 Å². The number of thiazole rings is 1. The molecule has 106 valence electrons. The highest BCUT2D eigenvalue weighted by molar-refractivity contribution is 7.09. The van der Waals surface area contributed by atoms with Crippen LogP contribution in [-0.4, -0.2) is 29.8 Å². The van der Waals surface area contributed by atoms with Gasteiger partial charge in [-0.25, -0.2) is 9.78 Å². The lowest BCUT2D eigenvalue weighted by molar-refractivity contribution is 0.0691. The molecule has 0 radical (unpaired) electrons. The smallest absolute Gasteiger partial charge is 0.355 e. The number of carboxylic acid groups (broad SMARTS) is 1. The van der Waals surface area contributed by atoms with E-state index in [1.165, 1.54) is 16.7 Å². The monoisotopic (exact) mass is 293 g/mol. The van der Waals surface area contributed by atoms with Crippen LogP contribution in [0, 0.1) is 6.92 Å². The van der Waals surface area contributed by atoms with Gasteiger partial charge in [-0.2, -0.15) is 0 Å².